The van der Waals surface area contributed by atoms with Crippen molar-refractivity contribution in [1.29, 1.82) is 0 Å². The number of halogens is 1. The van der Waals surface area contributed by atoms with E-state index in [4.69, 9.17) is 11.6 Å². The second-order valence-electron chi connectivity index (χ2n) is 3.79. The Balaban J connectivity index is 2.45. The third kappa shape index (κ3) is 2.19. The highest BCUT2D eigenvalue weighted by molar-refractivity contribution is 6.31. The van der Waals surface area contributed by atoms with Gasteiger partial charge in [-0.15, -0.1) is 6.58 Å². The number of aryl methyl sites for hydroxylation is 1. The molecule has 1 heterocycles. The van der Waals surface area contributed by atoms with Gasteiger partial charge in [0, 0.05) is 29.5 Å². The van der Waals surface area contributed by atoms with Crippen LogP contribution in [0.4, 0.5) is 0 Å². The molecular formula is C13H13ClN2O. The van der Waals surface area contributed by atoms with E-state index in [1.807, 2.05) is 35.9 Å². The van der Waals surface area contributed by atoms with Gasteiger partial charge in [-0.1, -0.05) is 23.7 Å². The molecule has 88 valence electrons. The number of aromatic nitrogens is 1. The number of hydrogen-bond acceptors (Lipinski definition) is 1. The summed E-state index contributed by atoms with van der Waals surface area (Å²) in [6, 6.07) is 7.42. The first-order valence-electron chi connectivity index (χ1n) is 5.27. The molecule has 0 unspecified atom stereocenters. The van der Waals surface area contributed by atoms with Crippen LogP contribution < -0.4 is 5.32 Å². The largest absolute Gasteiger partial charge is 0.347 e. The van der Waals surface area contributed by atoms with Crippen LogP contribution in [0.1, 0.15) is 10.5 Å². The molecule has 0 atom stereocenters. The molecule has 1 aromatic heterocycles. The van der Waals surface area contributed by atoms with Crippen molar-refractivity contribution in [2.45, 2.75) is 0 Å². The van der Waals surface area contributed by atoms with Crippen LogP contribution in [0, 0.1) is 0 Å². The Labute approximate surface area is 105 Å². The molecule has 2 rings (SSSR count). The summed E-state index contributed by atoms with van der Waals surface area (Å²) >= 11 is 5.94. The highest BCUT2D eigenvalue weighted by Gasteiger charge is 2.12. The lowest BCUT2D eigenvalue weighted by molar-refractivity contribution is 0.0950. The molecule has 0 fully saturated rings. The molecule has 0 aliphatic rings. The van der Waals surface area contributed by atoms with Gasteiger partial charge < -0.3 is 9.88 Å². The molecule has 2 aromatic rings. The standard InChI is InChI=1S/C13H13ClN2O/c1-3-6-15-13(17)12-7-9-4-5-10(14)8-11(9)16(12)2/h3-5,7-8H,1,6H2,2H3,(H,15,17). The molecule has 4 heteroatoms. The van der Waals surface area contributed by atoms with E-state index in [0.717, 1.165) is 10.9 Å². The van der Waals surface area contributed by atoms with E-state index in [2.05, 4.69) is 11.9 Å². The highest BCUT2D eigenvalue weighted by Crippen LogP contribution is 2.22. The predicted molar refractivity (Wildman–Crippen MR) is 70.5 cm³/mol. The normalized spacial score (nSPS) is 10.5. The number of amides is 1. The predicted octanol–water partition coefficient (Wildman–Crippen LogP) is 2.75. The van der Waals surface area contributed by atoms with Crippen LogP contribution in [0.25, 0.3) is 10.9 Å². The lowest BCUT2D eigenvalue weighted by atomic mass is 10.2. The smallest absolute Gasteiger partial charge is 0.268 e. The van der Waals surface area contributed by atoms with Gasteiger partial charge in [-0.05, 0) is 18.2 Å². The Morgan fingerprint density at radius 3 is 3.00 bits per heavy atom. The van der Waals surface area contributed by atoms with Gasteiger partial charge in [-0.3, -0.25) is 4.79 Å². The number of rotatable bonds is 3. The van der Waals surface area contributed by atoms with E-state index < -0.39 is 0 Å². The molecule has 1 aromatic carbocycles. The van der Waals surface area contributed by atoms with Crippen LogP contribution in [0.2, 0.25) is 5.02 Å². The molecule has 0 spiro atoms. The molecule has 0 radical (unpaired) electrons. The van der Waals surface area contributed by atoms with Gasteiger partial charge in [0.15, 0.2) is 0 Å². The number of carbonyl (C=O) groups is 1. The van der Waals surface area contributed by atoms with Crippen molar-refractivity contribution >= 4 is 28.4 Å². The molecule has 0 saturated carbocycles. The Bertz CT molecular complexity index is 586. The molecule has 0 saturated heterocycles. The first-order valence-corrected chi connectivity index (χ1v) is 5.65. The van der Waals surface area contributed by atoms with Crippen molar-refractivity contribution < 1.29 is 4.79 Å². The summed E-state index contributed by atoms with van der Waals surface area (Å²) in [6.07, 6.45) is 1.65. The Morgan fingerprint density at radius 2 is 2.29 bits per heavy atom. The van der Waals surface area contributed by atoms with Crippen LogP contribution in [0.15, 0.2) is 36.9 Å². The van der Waals surface area contributed by atoms with Gasteiger partial charge in [0.25, 0.3) is 5.91 Å². The summed E-state index contributed by atoms with van der Waals surface area (Å²) in [4.78, 5) is 11.9. The SMILES string of the molecule is C=CCNC(=O)c1cc2ccc(Cl)cc2n1C. The monoisotopic (exact) mass is 248 g/mol. The average molecular weight is 249 g/mol. The fourth-order valence-electron chi connectivity index (χ4n) is 1.78. The number of fused-ring (bicyclic) bond motifs is 1. The maximum atomic E-state index is 11.9. The van der Waals surface area contributed by atoms with Gasteiger partial charge in [-0.25, -0.2) is 0 Å². The van der Waals surface area contributed by atoms with Crippen LogP contribution in [0.3, 0.4) is 0 Å². The molecule has 3 nitrogen and oxygen atoms in total. The third-order valence-electron chi connectivity index (χ3n) is 2.65. The van der Waals surface area contributed by atoms with Crippen molar-refractivity contribution in [2.24, 2.45) is 7.05 Å². The van der Waals surface area contributed by atoms with E-state index in [-0.39, 0.29) is 5.91 Å². The zero-order chi connectivity index (χ0) is 12.4. The number of nitrogens with one attached hydrogen (secondary N) is 1. The molecule has 0 bridgehead atoms. The lowest BCUT2D eigenvalue weighted by Crippen LogP contribution is -2.25. The summed E-state index contributed by atoms with van der Waals surface area (Å²) < 4.78 is 1.83. The van der Waals surface area contributed by atoms with E-state index in [1.54, 1.807) is 6.08 Å². The molecule has 0 aliphatic carbocycles. The maximum absolute atomic E-state index is 11.9. The van der Waals surface area contributed by atoms with Gasteiger partial charge in [-0.2, -0.15) is 0 Å². The van der Waals surface area contributed by atoms with Gasteiger partial charge in [0.05, 0.1) is 0 Å². The summed E-state index contributed by atoms with van der Waals surface area (Å²) in [5, 5.41) is 4.42. The summed E-state index contributed by atoms with van der Waals surface area (Å²) in [5.74, 6) is -0.111. The fraction of sp³-hybridized carbons (Fsp3) is 0.154. The minimum Gasteiger partial charge on any atom is -0.347 e. The van der Waals surface area contributed by atoms with Crippen molar-refractivity contribution in [1.82, 2.24) is 9.88 Å². The number of carbonyl (C=O) groups excluding carboxylic acids is 1. The van der Waals surface area contributed by atoms with Crippen molar-refractivity contribution in [3.63, 3.8) is 0 Å². The van der Waals surface area contributed by atoms with Crippen LogP contribution in [-0.4, -0.2) is 17.0 Å². The van der Waals surface area contributed by atoms with E-state index in [0.29, 0.717) is 17.3 Å². The van der Waals surface area contributed by atoms with E-state index in [9.17, 15) is 4.79 Å². The Hall–Kier alpha value is -1.74. The summed E-state index contributed by atoms with van der Waals surface area (Å²) in [7, 11) is 1.85. The zero-order valence-corrected chi connectivity index (χ0v) is 10.3. The summed E-state index contributed by atoms with van der Waals surface area (Å²) in [5.41, 5.74) is 1.56. The highest BCUT2D eigenvalue weighted by atomic mass is 35.5. The molecule has 1 amide bonds. The van der Waals surface area contributed by atoms with E-state index >= 15 is 0 Å². The van der Waals surface area contributed by atoms with Crippen molar-refractivity contribution in [3.8, 4) is 0 Å². The van der Waals surface area contributed by atoms with Gasteiger partial charge >= 0.3 is 0 Å². The van der Waals surface area contributed by atoms with Gasteiger partial charge in [0.1, 0.15) is 5.69 Å². The second-order valence-corrected chi connectivity index (χ2v) is 4.23. The minimum absolute atomic E-state index is 0.111. The van der Waals surface area contributed by atoms with E-state index in [1.165, 1.54) is 0 Å². The second kappa shape index (κ2) is 4.63. The van der Waals surface area contributed by atoms with Crippen LogP contribution >= 0.6 is 11.6 Å². The van der Waals surface area contributed by atoms with Crippen LogP contribution in [0.5, 0.6) is 0 Å². The van der Waals surface area contributed by atoms with Crippen LogP contribution in [-0.2, 0) is 7.05 Å². The Morgan fingerprint density at radius 1 is 1.53 bits per heavy atom. The minimum atomic E-state index is -0.111. The average Bonchev–Trinajstić information content (AvgIpc) is 2.64. The first kappa shape index (κ1) is 11.7. The molecule has 0 aliphatic heterocycles. The van der Waals surface area contributed by atoms with Crippen molar-refractivity contribution in [3.05, 3.63) is 47.6 Å². The number of nitrogens with zero attached hydrogens (tertiary/aromatic N) is 1. The van der Waals surface area contributed by atoms with Gasteiger partial charge in [0.2, 0.25) is 0 Å². The quantitative estimate of drug-likeness (QED) is 0.833. The topological polar surface area (TPSA) is 34.0 Å². The zero-order valence-electron chi connectivity index (χ0n) is 9.53. The number of benzene rings is 1. The van der Waals surface area contributed by atoms with Crippen molar-refractivity contribution in [2.75, 3.05) is 6.54 Å². The maximum Gasteiger partial charge on any atom is 0.268 e. The first-order chi connectivity index (χ1) is 8.13. The Kier molecular flexibility index (Phi) is 3.20. The number of hydrogen-bond donors (Lipinski definition) is 1. The molecule has 1 N–H and O–H groups in total. The lowest BCUT2D eigenvalue weighted by Gasteiger charge is -2.04. The molecule has 17 heavy (non-hydrogen) atoms. The fourth-order valence-corrected chi connectivity index (χ4v) is 1.94. The third-order valence-corrected chi connectivity index (χ3v) is 2.88. The molecular weight excluding hydrogens is 236 g/mol. The summed E-state index contributed by atoms with van der Waals surface area (Å²) in [6.45, 7) is 4.02.